The Labute approximate surface area is 230 Å². The maximum absolute atomic E-state index is 14.0. The van der Waals surface area contributed by atoms with Crippen molar-refractivity contribution < 1.29 is 4.39 Å². The van der Waals surface area contributed by atoms with E-state index >= 15 is 0 Å². The monoisotopic (exact) mass is 533 g/mol. The van der Waals surface area contributed by atoms with E-state index in [-0.39, 0.29) is 0 Å². The predicted molar refractivity (Wildman–Crippen MR) is 151 cm³/mol. The van der Waals surface area contributed by atoms with Gasteiger partial charge in [0.15, 0.2) is 0 Å². The van der Waals surface area contributed by atoms with Crippen LogP contribution < -0.4 is 9.80 Å². The lowest BCUT2D eigenvalue weighted by molar-refractivity contribution is -0.00871. The number of fused-ring (bicyclic) bond motifs is 4. The van der Waals surface area contributed by atoms with E-state index < -0.39 is 6.17 Å². The fourth-order valence-electron chi connectivity index (χ4n) is 6.68. The first-order valence-electron chi connectivity index (χ1n) is 13.8. The molecule has 0 amide bonds. The molecule has 1 N–H and O–H groups in total. The number of piperazine rings is 1. The molecule has 0 saturated carbocycles. The number of pyridine rings is 3. The summed E-state index contributed by atoms with van der Waals surface area (Å²) >= 11 is 0. The van der Waals surface area contributed by atoms with Gasteiger partial charge >= 0.3 is 0 Å². The van der Waals surface area contributed by atoms with Crippen LogP contribution in [0.5, 0.6) is 0 Å². The molecular weight excluding hydrogens is 505 g/mol. The van der Waals surface area contributed by atoms with Gasteiger partial charge in [-0.2, -0.15) is 10.4 Å². The molecule has 4 fully saturated rings. The predicted octanol–water partition coefficient (Wildman–Crippen LogP) is 4.16. The van der Waals surface area contributed by atoms with Gasteiger partial charge in [0.05, 0.1) is 29.2 Å². The van der Waals surface area contributed by atoms with Crippen molar-refractivity contribution >= 4 is 28.1 Å². The Kier molecular flexibility index (Phi) is 5.28. The summed E-state index contributed by atoms with van der Waals surface area (Å²) in [6, 6.07) is 13.8. The number of hydrogen-bond donors (Lipinski definition) is 1. The zero-order valence-electron chi connectivity index (χ0n) is 21.9. The van der Waals surface area contributed by atoms with Crippen LogP contribution in [0.15, 0.2) is 61.3 Å². The lowest BCUT2D eigenvalue weighted by Crippen LogP contribution is -2.68. The third-order valence-corrected chi connectivity index (χ3v) is 8.76. The van der Waals surface area contributed by atoms with Gasteiger partial charge in [0, 0.05) is 79.9 Å². The summed E-state index contributed by atoms with van der Waals surface area (Å²) in [7, 11) is 0. The van der Waals surface area contributed by atoms with Crippen LogP contribution in [0.25, 0.3) is 27.7 Å². The zero-order chi connectivity index (χ0) is 26.8. The van der Waals surface area contributed by atoms with Crippen LogP contribution in [0.2, 0.25) is 0 Å². The maximum Gasteiger partial charge on any atom is 0.137 e. The largest absolute Gasteiger partial charge is 0.367 e. The Morgan fingerprint density at radius 2 is 1.93 bits per heavy atom. The number of piperidine rings is 1. The second kappa shape index (κ2) is 9.03. The van der Waals surface area contributed by atoms with E-state index in [4.69, 9.17) is 4.98 Å². The van der Waals surface area contributed by atoms with Crippen molar-refractivity contribution in [1.82, 2.24) is 29.5 Å². The molecule has 2 bridgehead atoms. The lowest BCUT2D eigenvalue weighted by Gasteiger charge is -2.56. The van der Waals surface area contributed by atoms with Gasteiger partial charge < -0.3 is 14.8 Å². The molecule has 0 aliphatic carbocycles. The molecule has 4 aliphatic rings. The first-order chi connectivity index (χ1) is 19.6. The Bertz CT molecular complexity index is 1760. The van der Waals surface area contributed by atoms with Crippen LogP contribution in [-0.4, -0.2) is 73.9 Å². The summed E-state index contributed by atoms with van der Waals surface area (Å²) < 4.78 is 15.7. The summed E-state index contributed by atoms with van der Waals surface area (Å²) in [4.78, 5) is 19.6. The fourth-order valence-corrected chi connectivity index (χ4v) is 6.68. The molecule has 200 valence electrons. The quantitative estimate of drug-likeness (QED) is 0.363. The number of aromatic nitrogens is 5. The molecule has 5 aromatic heterocycles. The number of nitrogens with zero attached hydrogens (tertiary/aromatic N) is 8. The average molecular weight is 534 g/mol. The molecule has 9 nitrogen and oxygen atoms in total. The SMILES string of the molecule is N#Cc1cnn2cc(N3CC[C@H](F)C3)cc(-c3ccc(N4CC5CC(C4)N5Cc4cnc5[nH]ccc5c4)nc3)c12. The number of hydrogen-bond acceptors (Lipinski definition) is 7. The summed E-state index contributed by atoms with van der Waals surface area (Å²) in [5.41, 5.74) is 6.15. The van der Waals surface area contributed by atoms with Crippen LogP contribution >= 0.6 is 0 Å². The number of H-pyrrole nitrogens is 1. The second-order valence-corrected chi connectivity index (χ2v) is 11.2. The van der Waals surface area contributed by atoms with Gasteiger partial charge in [0.25, 0.3) is 0 Å². The lowest BCUT2D eigenvalue weighted by atomic mass is 9.87. The minimum atomic E-state index is -0.821. The van der Waals surface area contributed by atoms with Gasteiger partial charge in [-0.05, 0) is 48.7 Å². The van der Waals surface area contributed by atoms with Gasteiger partial charge in [-0.25, -0.2) is 18.9 Å². The van der Waals surface area contributed by atoms with Crippen LogP contribution in [0.4, 0.5) is 15.9 Å². The van der Waals surface area contributed by atoms with Gasteiger partial charge in [-0.1, -0.05) is 0 Å². The Morgan fingerprint density at radius 1 is 1.02 bits per heavy atom. The number of anilines is 2. The number of nitriles is 1. The first-order valence-corrected chi connectivity index (χ1v) is 13.8. The molecule has 3 atom stereocenters. The smallest absolute Gasteiger partial charge is 0.137 e. The average Bonchev–Trinajstić information content (AvgIpc) is 3.75. The minimum absolute atomic E-state index is 0.375. The molecule has 2 unspecified atom stereocenters. The van der Waals surface area contributed by atoms with Crippen LogP contribution in [0.1, 0.15) is 24.0 Å². The maximum atomic E-state index is 14.0. The molecular formula is C30H28FN9. The van der Waals surface area contributed by atoms with E-state index in [1.165, 1.54) is 12.0 Å². The van der Waals surface area contributed by atoms with E-state index in [9.17, 15) is 9.65 Å². The zero-order valence-corrected chi connectivity index (χ0v) is 21.9. The Morgan fingerprint density at radius 3 is 2.70 bits per heavy atom. The summed E-state index contributed by atoms with van der Waals surface area (Å²) in [6.07, 6.45) is 10.2. The molecule has 40 heavy (non-hydrogen) atoms. The van der Waals surface area contributed by atoms with E-state index in [0.29, 0.717) is 37.2 Å². The molecule has 0 aromatic carbocycles. The van der Waals surface area contributed by atoms with Crippen LogP contribution in [0, 0.1) is 11.3 Å². The summed E-state index contributed by atoms with van der Waals surface area (Å²) in [5.74, 6) is 0.967. The highest BCUT2D eigenvalue weighted by atomic mass is 19.1. The molecule has 0 radical (unpaired) electrons. The van der Waals surface area contributed by atoms with Crippen molar-refractivity contribution in [2.24, 2.45) is 0 Å². The number of rotatable bonds is 5. The van der Waals surface area contributed by atoms with Gasteiger partial charge in [-0.3, -0.25) is 4.90 Å². The highest BCUT2D eigenvalue weighted by Gasteiger charge is 2.44. The number of alkyl halides is 1. The van der Waals surface area contributed by atoms with Crippen molar-refractivity contribution in [3.8, 4) is 17.2 Å². The number of nitrogens with one attached hydrogen (secondary N) is 1. The highest BCUT2D eigenvalue weighted by molar-refractivity contribution is 5.86. The third kappa shape index (κ3) is 3.80. The van der Waals surface area contributed by atoms with Crippen molar-refractivity contribution in [2.45, 2.75) is 37.6 Å². The van der Waals surface area contributed by atoms with E-state index in [1.807, 2.05) is 35.8 Å². The molecule has 9 rings (SSSR count). The van der Waals surface area contributed by atoms with Crippen molar-refractivity contribution in [1.29, 1.82) is 5.26 Å². The Balaban J connectivity index is 1.03. The second-order valence-electron chi connectivity index (χ2n) is 11.2. The van der Waals surface area contributed by atoms with Gasteiger partial charge in [-0.15, -0.1) is 0 Å². The molecule has 10 heteroatoms. The highest BCUT2D eigenvalue weighted by Crippen LogP contribution is 2.37. The summed E-state index contributed by atoms with van der Waals surface area (Å²) in [6.45, 7) is 3.86. The van der Waals surface area contributed by atoms with E-state index in [2.05, 4.69) is 55.2 Å². The molecule has 4 aliphatic heterocycles. The standard InChI is InChI=1S/C30H28FN9/c31-23-4-6-37(15-23)24-9-27(29-22(10-32)13-36-40(29)18-24)21-1-2-28(34-12-21)38-16-25-8-26(17-38)39(25)14-19-7-20-3-5-33-30(20)35-11-19/h1-3,5,7,9,11-13,18,23,25-26H,4,6,8,14-17H2,(H,33,35)/t23-,25?,26?/m0/s1. The normalized spacial score (nSPS) is 22.6. The van der Waals surface area contributed by atoms with E-state index in [0.717, 1.165) is 58.8 Å². The van der Waals surface area contributed by atoms with E-state index in [1.54, 1.807) is 10.7 Å². The fraction of sp³-hybridized carbons (Fsp3) is 0.333. The molecule has 5 aromatic rings. The first kappa shape index (κ1) is 23.4. The van der Waals surface area contributed by atoms with Crippen molar-refractivity contribution in [3.05, 3.63) is 72.4 Å². The van der Waals surface area contributed by atoms with Crippen LogP contribution in [-0.2, 0) is 6.54 Å². The summed E-state index contributed by atoms with van der Waals surface area (Å²) in [5, 5.41) is 15.3. The third-order valence-electron chi connectivity index (χ3n) is 8.76. The molecule has 9 heterocycles. The van der Waals surface area contributed by atoms with Crippen LogP contribution in [0.3, 0.4) is 0 Å². The Hall–Kier alpha value is -4.49. The van der Waals surface area contributed by atoms with Crippen molar-refractivity contribution in [3.63, 3.8) is 0 Å². The van der Waals surface area contributed by atoms with Gasteiger partial charge in [0.1, 0.15) is 23.7 Å². The van der Waals surface area contributed by atoms with Gasteiger partial charge in [0.2, 0.25) is 0 Å². The number of aromatic amines is 1. The molecule has 4 saturated heterocycles. The van der Waals surface area contributed by atoms with Crippen molar-refractivity contribution in [2.75, 3.05) is 36.0 Å². The minimum Gasteiger partial charge on any atom is -0.367 e. The topological polar surface area (TPSA) is 92.4 Å². The molecule has 0 spiro atoms. The number of halogens is 1.